The minimum atomic E-state index is -0.279. The normalized spacial score (nSPS) is 10.6. The molecule has 6 nitrogen and oxygen atoms in total. The molecule has 25 heavy (non-hydrogen) atoms. The van der Waals surface area contributed by atoms with Crippen molar-refractivity contribution in [2.45, 2.75) is 20.8 Å². The molecular weight excluding hydrogens is 316 g/mol. The average Bonchev–Trinajstić information content (AvgIpc) is 2.99. The number of amides is 1. The fourth-order valence-corrected chi connectivity index (χ4v) is 2.66. The number of hydrogen-bond acceptors (Lipinski definition) is 4. The van der Waals surface area contributed by atoms with Crippen LogP contribution in [0.1, 0.15) is 27.3 Å². The Morgan fingerprint density at radius 1 is 1.12 bits per heavy atom. The Kier molecular flexibility index (Phi) is 4.52. The molecule has 0 aliphatic rings. The molecule has 1 heterocycles. The third-order valence-electron chi connectivity index (χ3n) is 4.04. The molecule has 128 valence electrons. The molecular formula is C19H20N4O2. The van der Waals surface area contributed by atoms with Crippen molar-refractivity contribution >= 4 is 11.6 Å². The fourth-order valence-electron chi connectivity index (χ4n) is 2.66. The average molecular weight is 336 g/mol. The van der Waals surface area contributed by atoms with Crippen molar-refractivity contribution in [2.75, 3.05) is 12.4 Å². The molecule has 3 aromatic rings. The molecule has 0 saturated heterocycles. The number of anilines is 1. The topological polar surface area (TPSA) is 69.0 Å². The van der Waals surface area contributed by atoms with Crippen LogP contribution in [0.5, 0.6) is 5.75 Å². The maximum atomic E-state index is 12.6. The summed E-state index contributed by atoms with van der Waals surface area (Å²) in [5, 5.41) is 11.1. The molecule has 3 rings (SSSR count). The van der Waals surface area contributed by atoms with E-state index < -0.39 is 0 Å². The van der Waals surface area contributed by atoms with Crippen molar-refractivity contribution in [1.29, 1.82) is 0 Å². The van der Waals surface area contributed by atoms with E-state index in [4.69, 9.17) is 4.74 Å². The molecule has 0 saturated carbocycles. The van der Waals surface area contributed by atoms with Crippen molar-refractivity contribution in [3.8, 4) is 11.4 Å². The Bertz CT molecular complexity index is 931. The van der Waals surface area contributed by atoms with E-state index in [1.54, 1.807) is 11.8 Å². The quantitative estimate of drug-likeness (QED) is 0.792. The first-order valence-electron chi connectivity index (χ1n) is 7.95. The molecule has 1 aromatic heterocycles. The van der Waals surface area contributed by atoms with E-state index in [2.05, 4.69) is 15.6 Å². The molecule has 0 aliphatic heterocycles. The molecule has 0 unspecified atom stereocenters. The van der Waals surface area contributed by atoms with E-state index in [0.717, 1.165) is 22.5 Å². The number of benzene rings is 2. The largest absolute Gasteiger partial charge is 0.497 e. The maximum Gasteiger partial charge on any atom is 0.278 e. The number of methoxy groups -OCH3 is 1. The number of carbonyl (C=O) groups excluding carboxylic acids is 1. The Morgan fingerprint density at radius 3 is 2.64 bits per heavy atom. The molecule has 2 aromatic carbocycles. The van der Waals surface area contributed by atoms with Crippen LogP contribution in [0.4, 0.5) is 5.69 Å². The number of ether oxygens (including phenoxy) is 1. The van der Waals surface area contributed by atoms with Gasteiger partial charge in [0.25, 0.3) is 5.91 Å². The first-order valence-corrected chi connectivity index (χ1v) is 7.95. The minimum Gasteiger partial charge on any atom is -0.497 e. The first kappa shape index (κ1) is 16.7. The summed E-state index contributed by atoms with van der Waals surface area (Å²) in [6, 6.07) is 13.3. The van der Waals surface area contributed by atoms with Crippen LogP contribution in [0, 0.1) is 20.8 Å². The Morgan fingerprint density at radius 2 is 1.92 bits per heavy atom. The third-order valence-corrected chi connectivity index (χ3v) is 4.04. The lowest BCUT2D eigenvalue weighted by atomic mass is 10.1. The van der Waals surface area contributed by atoms with Gasteiger partial charge in [0.05, 0.1) is 18.5 Å². The van der Waals surface area contributed by atoms with Gasteiger partial charge in [0.1, 0.15) is 5.75 Å². The predicted molar refractivity (Wildman–Crippen MR) is 96.5 cm³/mol. The number of aryl methyl sites for hydroxylation is 2. The molecule has 0 radical (unpaired) electrons. The first-order chi connectivity index (χ1) is 12.0. The zero-order chi connectivity index (χ0) is 18.0. The highest BCUT2D eigenvalue weighted by Gasteiger charge is 2.18. The van der Waals surface area contributed by atoms with Crippen molar-refractivity contribution in [1.82, 2.24) is 15.0 Å². The summed E-state index contributed by atoms with van der Waals surface area (Å²) in [6.45, 7) is 5.79. The van der Waals surface area contributed by atoms with E-state index in [1.165, 1.54) is 0 Å². The Labute approximate surface area is 146 Å². The molecule has 1 N–H and O–H groups in total. The van der Waals surface area contributed by atoms with Crippen LogP contribution in [-0.4, -0.2) is 28.0 Å². The lowest BCUT2D eigenvalue weighted by Gasteiger charge is -2.09. The van der Waals surface area contributed by atoms with Gasteiger partial charge < -0.3 is 10.1 Å². The highest BCUT2D eigenvalue weighted by Crippen LogP contribution is 2.20. The van der Waals surface area contributed by atoms with Gasteiger partial charge in [-0.2, -0.15) is 0 Å². The fraction of sp³-hybridized carbons (Fsp3) is 0.211. The van der Waals surface area contributed by atoms with Gasteiger partial charge in [-0.3, -0.25) is 4.79 Å². The Balaban J connectivity index is 1.88. The van der Waals surface area contributed by atoms with Crippen molar-refractivity contribution < 1.29 is 9.53 Å². The second-order valence-corrected chi connectivity index (χ2v) is 5.91. The van der Waals surface area contributed by atoms with Gasteiger partial charge >= 0.3 is 0 Å². The van der Waals surface area contributed by atoms with Gasteiger partial charge in [0.15, 0.2) is 5.69 Å². The summed E-state index contributed by atoms with van der Waals surface area (Å²) in [5.41, 5.74) is 4.67. The second kappa shape index (κ2) is 6.76. The van der Waals surface area contributed by atoms with Crippen LogP contribution < -0.4 is 10.1 Å². The molecule has 0 bridgehead atoms. The highest BCUT2D eigenvalue weighted by molar-refractivity contribution is 6.04. The molecule has 0 fully saturated rings. The van der Waals surface area contributed by atoms with Gasteiger partial charge in [-0.25, -0.2) is 4.68 Å². The number of nitrogens with one attached hydrogen (secondary N) is 1. The van der Waals surface area contributed by atoms with E-state index in [-0.39, 0.29) is 5.91 Å². The monoisotopic (exact) mass is 336 g/mol. The van der Waals surface area contributed by atoms with E-state index in [0.29, 0.717) is 17.1 Å². The zero-order valence-electron chi connectivity index (χ0n) is 14.7. The zero-order valence-corrected chi connectivity index (χ0v) is 14.7. The number of aromatic nitrogens is 3. The van der Waals surface area contributed by atoms with Crippen LogP contribution in [0.3, 0.4) is 0 Å². The third kappa shape index (κ3) is 3.38. The second-order valence-electron chi connectivity index (χ2n) is 5.91. The van der Waals surface area contributed by atoms with E-state index >= 15 is 0 Å². The summed E-state index contributed by atoms with van der Waals surface area (Å²) in [6.07, 6.45) is 0. The minimum absolute atomic E-state index is 0.279. The van der Waals surface area contributed by atoms with Gasteiger partial charge in [0, 0.05) is 11.8 Å². The summed E-state index contributed by atoms with van der Waals surface area (Å²) < 4.78 is 6.86. The van der Waals surface area contributed by atoms with Gasteiger partial charge in [-0.15, -0.1) is 5.10 Å². The summed E-state index contributed by atoms with van der Waals surface area (Å²) in [5.74, 6) is 0.437. The van der Waals surface area contributed by atoms with Crippen LogP contribution in [-0.2, 0) is 0 Å². The smallest absolute Gasteiger partial charge is 0.278 e. The van der Waals surface area contributed by atoms with Crippen LogP contribution >= 0.6 is 0 Å². The highest BCUT2D eigenvalue weighted by atomic mass is 16.5. The van der Waals surface area contributed by atoms with E-state index in [9.17, 15) is 4.79 Å². The molecule has 1 amide bonds. The predicted octanol–water partition coefficient (Wildman–Crippen LogP) is 3.45. The standard InChI is InChI=1S/C19H20N4O2/c1-12-8-9-17(13(2)10-12)20-19(24)18-14(3)23(22-21-18)15-6-5-7-16(11-15)25-4/h5-11H,1-4H3,(H,20,24). The SMILES string of the molecule is COc1cccc(-n2nnc(C(=O)Nc3ccc(C)cc3C)c2C)c1. The number of carbonyl (C=O) groups is 1. The lowest BCUT2D eigenvalue weighted by Crippen LogP contribution is -2.15. The van der Waals surface area contributed by atoms with Crippen LogP contribution in [0.2, 0.25) is 0 Å². The number of rotatable bonds is 4. The van der Waals surface area contributed by atoms with Crippen molar-refractivity contribution in [3.63, 3.8) is 0 Å². The molecule has 6 heteroatoms. The number of nitrogens with zero attached hydrogens (tertiary/aromatic N) is 3. The lowest BCUT2D eigenvalue weighted by molar-refractivity contribution is 0.102. The Hall–Kier alpha value is -3.15. The summed E-state index contributed by atoms with van der Waals surface area (Å²) in [4.78, 5) is 12.6. The summed E-state index contributed by atoms with van der Waals surface area (Å²) >= 11 is 0. The van der Waals surface area contributed by atoms with Gasteiger partial charge in [-0.1, -0.05) is 29.0 Å². The van der Waals surface area contributed by atoms with E-state index in [1.807, 2.05) is 63.2 Å². The van der Waals surface area contributed by atoms with Gasteiger partial charge in [0.2, 0.25) is 0 Å². The molecule has 0 spiro atoms. The van der Waals surface area contributed by atoms with Crippen molar-refractivity contribution in [2.24, 2.45) is 0 Å². The molecule has 0 aliphatic carbocycles. The maximum absolute atomic E-state index is 12.6. The van der Waals surface area contributed by atoms with Crippen LogP contribution in [0.15, 0.2) is 42.5 Å². The molecule has 0 atom stereocenters. The van der Waals surface area contributed by atoms with Crippen molar-refractivity contribution in [3.05, 3.63) is 65.0 Å². The summed E-state index contributed by atoms with van der Waals surface area (Å²) in [7, 11) is 1.61. The number of hydrogen-bond donors (Lipinski definition) is 1. The van der Waals surface area contributed by atoms with Gasteiger partial charge in [-0.05, 0) is 44.5 Å². The van der Waals surface area contributed by atoms with Crippen LogP contribution in [0.25, 0.3) is 5.69 Å².